The topological polar surface area (TPSA) is 63.4 Å². The number of sulfonamides is 1. The molecule has 102 valence electrons. The molecule has 2 heterocycles. The van der Waals surface area contributed by atoms with Crippen molar-refractivity contribution in [3.63, 3.8) is 0 Å². The second-order valence-electron chi connectivity index (χ2n) is 4.08. The van der Waals surface area contributed by atoms with Crippen LogP contribution in [0.4, 0.5) is 0 Å². The minimum absolute atomic E-state index is 0.121. The summed E-state index contributed by atoms with van der Waals surface area (Å²) in [5.74, 6) is 0.704. The maximum absolute atomic E-state index is 12.3. The highest BCUT2D eigenvalue weighted by molar-refractivity contribution is 7.89. The summed E-state index contributed by atoms with van der Waals surface area (Å²) in [7, 11) is -2.08. The number of aromatic nitrogens is 1. The summed E-state index contributed by atoms with van der Waals surface area (Å²) in [5.41, 5.74) is 0.825. The van der Waals surface area contributed by atoms with E-state index >= 15 is 0 Å². The van der Waals surface area contributed by atoms with E-state index in [4.69, 9.17) is 16.0 Å². The molecule has 0 N–H and O–H groups in total. The summed E-state index contributed by atoms with van der Waals surface area (Å²) in [6.45, 7) is 2.03. The number of rotatable bonds is 4. The van der Waals surface area contributed by atoms with E-state index in [-0.39, 0.29) is 16.6 Å². The Balaban J connectivity index is 2.27. The zero-order valence-corrected chi connectivity index (χ0v) is 12.1. The van der Waals surface area contributed by atoms with E-state index in [0.29, 0.717) is 5.76 Å². The zero-order valence-electron chi connectivity index (χ0n) is 10.5. The lowest BCUT2D eigenvalue weighted by atomic mass is 10.3. The molecule has 0 aromatic carbocycles. The van der Waals surface area contributed by atoms with Crippen LogP contribution in [0.2, 0.25) is 5.15 Å². The number of hydrogen-bond donors (Lipinski definition) is 0. The first-order valence-electron chi connectivity index (χ1n) is 5.52. The lowest BCUT2D eigenvalue weighted by molar-refractivity contribution is 0.459. The number of furan rings is 1. The van der Waals surface area contributed by atoms with E-state index in [0.717, 1.165) is 5.56 Å². The van der Waals surface area contributed by atoms with Crippen LogP contribution in [0.1, 0.15) is 11.3 Å². The van der Waals surface area contributed by atoms with Crippen LogP contribution in [0.5, 0.6) is 0 Å². The molecular formula is C12H13ClN2O3S. The Hall–Kier alpha value is -1.37. The summed E-state index contributed by atoms with van der Waals surface area (Å²) in [6, 6.07) is 4.50. The van der Waals surface area contributed by atoms with Crippen LogP contribution in [0.25, 0.3) is 0 Å². The van der Waals surface area contributed by atoms with Crippen molar-refractivity contribution >= 4 is 21.6 Å². The molecule has 0 bridgehead atoms. The van der Waals surface area contributed by atoms with E-state index in [9.17, 15) is 8.42 Å². The molecule has 2 rings (SSSR count). The van der Waals surface area contributed by atoms with Crippen molar-refractivity contribution in [1.29, 1.82) is 0 Å². The van der Waals surface area contributed by atoms with Crippen LogP contribution in [0.3, 0.4) is 0 Å². The third-order valence-corrected chi connectivity index (χ3v) is 4.77. The third-order valence-electron chi connectivity index (χ3n) is 2.77. The Kier molecular flexibility index (Phi) is 3.93. The van der Waals surface area contributed by atoms with Crippen molar-refractivity contribution in [2.45, 2.75) is 18.4 Å². The molecule has 0 unspecified atom stereocenters. The quantitative estimate of drug-likeness (QED) is 0.814. The first-order valence-corrected chi connectivity index (χ1v) is 7.34. The van der Waals surface area contributed by atoms with E-state index in [1.54, 1.807) is 13.0 Å². The highest BCUT2D eigenvalue weighted by Crippen LogP contribution is 2.20. The Morgan fingerprint density at radius 2 is 2.16 bits per heavy atom. The van der Waals surface area contributed by atoms with Crippen molar-refractivity contribution in [1.82, 2.24) is 9.29 Å². The molecule has 0 spiro atoms. The van der Waals surface area contributed by atoms with Gasteiger partial charge >= 0.3 is 0 Å². The first-order chi connectivity index (χ1) is 8.91. The molecule has 2 aromatic rings. The maximum Gasteiger partial charge on any atom is 0.243 e. The summed E-state index contributed by atoms with van der Waals surface area (Å²) in [6.07, 6.45) is 2.90. The normalized spacial score (nSPS) is 12.0. The highest BCUT2D eigenvalue weighted by Gasteiger charge is 2.22. The Morgan fingerprint density at radius 3 is 2.74 bits per heavy atom. The van der Waals surface area contributed by atoms with Crippen molar-refractivity contribution in [2.75, 3.05) is 7.05 Å². The van der Waals surface area contributed by atoms with E-state index in [1.807, 2.05) is 0 Å². The molecule has 0 aliphatic rings. The van der Waals surface area contributed by atoms with Gasteiger partial charge in [-0.25, -0.2) is 13.4 Å². The number of hydrogen-bond acceptors (Lipinski definition) is 4. The Labute approximate surface area is 116 Å². The van der Waals surface area contributed by atoms with Crippen LogP contribution in [0, 0.1) is 6.92 Å². The standard InChI is InChI=1S/C12H13ClN2O3S/c1-9-10(4-6-18-9)8-15(2)19(16,17)11-3-5-14-12(13)7-11/h3-7H,8H2,1-2H3. The molecule has 2 aromatic heterocycles. The average Bonchev–Trinajstić information content (AvgIpc) is 2.75. The van der Waals surface area contributed by atoms with E-state index < -0.39 is 10.0 Å². The van der Waals surface area contributed by atoms with Crippen LogP contribution < -0.4 is 0 Å². The molecule has 0 saturated heterocycles. The minimum atomic E-state index is -3.59. The molecule has 0 aliphatic carbocycles. The molecule has 0 fully saturated rings. The van der Waals surface area contributed by atoms with Crippen molar-refractivity contribution in [2.24, 2.45) is 0 Å². The van der Waals surface area contributed by atoms with E-state index in [2.05, 4.69) is 4.98 Å². The average molecular weight is 301 g/mol. The summed E-state index contributed by atoms with van der Waals surface area (Å²) in [5, 5.41) is 0.147. The number of pyridine rings is 1. The number of halogens is 1. The van der Waals surface area contributed by atoms with E-state index in [1.165, 1.54) is 35.9 Å². The fraction of sp³-hybridized carbons (Fsp3) is 0.250. The van der Waals surface area contributed by atoms with Crippen LogP contribution in [-0.4, -0.2) is 24.8 Å². The van der Waals surface area contributed by atoms with Gasteiger partial charge in [0.2, 0.25) is 10.0 Å². The Morgan fingerprint density at radius 1 is 1.42 bits per heavy atom. The molecule has 0 amide bonds. The lowest BCUT2D eigenvalue weighted by Gasteiger charge is -2.16. The zero-order chi connectivity index (χ0) is 14.0. The summed E-state index contributed by atoms with van der Waals surface area (Å²) in [4.78, 5) is 3.89. The van der Waals surface area contributed by atoms with Gasteiger partial charge in [0.15, 0.2) is 0 Å². The smallest absolute Gasteiger partial charge is 0.243 e. The van der Waals surface area contributed by atoms with Gasteiger partial charge in [-0.1, -0.05) is 11.6 Å². The minimum Gasteiger partial charge on any atom is -0.469 e. The monoisotopic (exact) mass is 300 g/mol. The van der Waals surface area contributed by atoms with Crippen molar-refractivity contribution < 1.29 is 12.8 Å². The SMILES string of the molecule is Cc1occc1CN(C)S(=O)(=O)c1ccnc(Cl)c1. The van der Waals surface area contributed by atoms with Gasteiger partial charge in [0.1, 0.15) is 10.9 Å². The first kappa shape index (κ1) is 14.0. The summed E-state index contributed by atoms with van der Waals surface area (Å²) >= 11 is 5.71. The van der Waals surface area contributed by atoms with Gasteiger partial charge in [-0.15, -0.1) is 0 Å². The molecule has 0 aliphatic heterocycles. The van der Waals surface area contributed by atoms with Crippen LogP contribution >= 0.6 is 11.6 Å². The van der Waals surface area contributed by atoms with Crippen molar-refractivity contribution in [3.8, 4) is 0 Å². The van der Waals surface area contributed by atoms with Crippen LogP contribution in [0.15, 0.2) is 40.0 Å². The van der Waals surface area contributed by atoms with Gasteiger partial charge in [0, 0.05) is 25.4 Å². The Bertz CT molecular complexity index is 682. The van der Waals surface area contributed by atoms with Gasteiger partial charge in [-0.3, -0.25) is 0 Å². The fourth-order valence-electron chi connectivity index (χ4n) is 1.63. The largest absolute Gasteiger partial charge is 0.469 e. The third kappa shape index (κ3) is 2.97. The second-order valence-corrected chi connectivity index (χ2v) is 6.51. The van der Waals surface area contributed by atoms with Gasteiger partial charge in [0.05, 0.1) is 11.2 Å². The number of aryl methyl sites for hydroxylation is 1. The molecule has 0 atom stereocenters. The molecular weight excluding hydrogens is 288 g/mol. The summed E-state index contributed by atoms with van der Waals surface area (Å²) < 4.78 is 31.1. The van der Waals surface area contributed by atoms with Crippen LogP contribution in [-0.2, 0) is 16.6 Å². The lowest BCUT2D eigenvalue weighted by Crippen LogP contribution is -2.26. The predicted molar refractivity (Wildman–Crippen MR) is 71.3 cm³/mol. The van der Waals surface area contributed by atoms with Gasteiger partial charge in [-0.05, 0) is 25.1 Å². The molecule has 0 saturated carbocycles. The maximum atomic E-state index is 12.3. The molecule has 19 heavy (non-hydrogen) atoms. The number of nitrogens with zero attached hydrogens (tertiary/aromatic N) is 2. The predicted octanol–water partition coefficient (Wildman–Crippen LogP) is 2.46. The second kappa shape index (κ2) is 5.32. The molecule has 0 radical (unpaired) electrons. The molecule has 5 nitrogen and oxygen atoms in total. The van der Waals surface area contributed by atoms with Gasteiger partial charge in [-0.2, -0.15) is 4.31 Å². The highest BCUT2D eigenvalue weighted by atomic mass is 35.5. The van der Waals surface area contributed by atoms with Gasteiger partial charge < -0.3 is 4.42 Å². The van der Waals surface area contributed by atoms with Crippen molar-refractivity contribution in [3.05, 3.63) is 47.1 Å². The fourth-order valence-corrected chi connectivity index (χ4v) is 3.03. The molecule has 7 heteroatoms. The van der Waals surface area contributed by atoms with Gasteiger partial charge in [0.25, 0.3) is 0 Å².